The number of nitro groups is 5. The number of carbonyl (C=O) groups is 1. The van der Waals surface area contributed by atoms with E-state index in [-0.39, 0.29) is 54.3 Å². The van der Waals surface area contributed by atoms with Crippen molar-refractivity contribution in [2.45, 2.75) is 62.8 Å². The summed E-state index contributed by atoms with van der Waals surface area (Å²) < 4.78 is 0. The molecule has 0 aliphatic carbocycles. The molecule has 0 bridgehead atoms. The molecule has 3 aromatic carbocycles. The first-order valence-electron chi connectivity index (χ1n) is 14.2. The third-order valence-corrected chi connectivity index (χ3v) is 3.52. The zero-order valence-electron chi connectivity index (χ0n) is 30.5. The summed E-state index contributed by atoms with van der Waals surface area (Å²) in [6.45, 7) is 11.2. The zero-order chi connectivity index (χ0) is 40.1. The summed E-state index contributed by atoms with van der Waals surface area (Å²) in [5, 5.41) is 52.9. The van der Waals surface area contributed by atoms with E-state index in [1.807, 2.05) is 13.8 Å². The van der Waals surface area contributed by atoms with E-state index in [1.54, 1.807) is 50.5 Å². The number of nitrogens with zero attached hydrogens (tertiary/aromatic N) is 6. The van der Waals surface area contributed by atoms with Crippen molar-refractivity contribution in [1.82, 2.24) is 10.9 Å². The summed E-state index contributed by atoms with van der Waals surface area (Å²) in [5.41, 5.74) is 5.68. The number of nitrogens with one attached hydrogen (secondary N) is 2. The van der Waals surface area contributed by atoms with Gasteiger partial charge in [-0.2, -0.15) is 5.10 Å². The van der Waals surface area contributed by atoms with Crippen LogP contribution in [0.2, 0.25) is 0 Å². The molecule has 0 unspecified atom stereocenters. The third-order valence-electron chi connectivity index (χ3n) is 3.52. The summed E-state index contributed by atoms with van der Waals surface area (Å²) in [7, 11) is 4.33. The maximum atomic E-state index is 10.2. The SMILES string of the molecule is C.C.CC(C)=O.CCC.CNN.CNN=C(C)C.C[N+](=O)[O-].O.O.O=[N+]([O-])c1cccc([N+](=O)[O-])c1.O=[N+]([O-])c1ccccc1.O=[N+]([O-])c1ccccc1. The first-order chi connectivity index (χ1) is 23.3. The summed E-state index contributed by atoms with van der Waals surface area (Å²) in [6.07, 6.45) is 1.25. The van der Waals surface area contributed by atoms with Gasteiger partial charge in [0.05, 0.1) is 25.8 Å². The van der Waals surface area contributed by atoms with Gasteiger partial charge in [0, 0.05) is 54.1 Å². The van der Waals surface area contributed by atoms with Crippen molar-refractivity contribution in [3.63, 3.8) is 0 Å². The van der Waals surface area contributed by atoms with E-state index in [2.05, 4.69) is 35.6 Å². The molecule has 0 radical (unpaired) electrons. The Bertz CT molecular complexity index is 1300. The fraction of sp³-hybridized carbons (Fsp3) is 0.375. The van der Waals surface area contributed by atoms with Crippen molar-refractivity contribution in [3.05, 3.63) is 136 Å². The van der Waals surface area contributed by atoms with E-state index in [9.17, 15) is 45.3 Å². The van der Waals surface area contributed by atoms with Crippen LogP contribution in [0.15, 0.2) is 90.0 Å². The van der Waals surface area contributed by atoms with Crippen molar-refractivity contribution < 1.29 is 40.4 Å². The molecule has 22 nitrogen and oxygen atoms in total. The molecule has 0 heterocycles. The van der Waals surface area contributed by atoms with Gasteiger partial charge in [-0.3, -0.25) is 61.8 Å². The number of benzene rings is 3. The van der Waals surface area contributed by atoms with Gasteiger partial charge in [0.1, 0.15) is 5.78 Å². The maximum absolute atomic E-state index is 10.2. The molecule has 0 atom stereocenters. The second-order valence-electron chi connectivity index (χ2n) is 8.85. The molecule has 0 aliphatic heterocycles. The third kappa shape index (κ3) is 60.9. The van der Waals surface area contributed by atoms with E-state index < -0.39 is 24.6 Å². The predicted octanol–water partition coefficient (Wildman–Crippen LogP) is 5.90. The highest BCUT2D eigenvalue weighted by Crippen LogP contribution is 2.18. The van der Waals surface area contributed by atoms with Gasteiger partial charge in [0.2, 0.25) is 0 Å². The molecule has 0 spiro atoms. The molecule has 22 heteroatoms. The Morgan fingerprint density at radius 1 is 0.611 bits per heavy atom. The van der Waals surface area contributed by atoms with E-state index in [1.165, 1.54) is 62.7 Å². The molecule has 0 fully saturated rings. The number of rotatable bonds is 5. The Balaban J connectivity index is -0.0000000635. The number of nitro benzene ring substituents is 4. The van der Waals surface area contributed by atoms with Crippen LogP contribution in [-0.4, -0.2) is 68.2 Å². The number of Topliss-reactive ketones (excluding diaryl/α,β-unsaturated/α-hetero) is 1. The highest BCUT2D eigenvalue weighted by atomic mass is 16.6. The number of hydrazine groups is 1. The summed E-state index contributed by atoms with van der Waals surface area (Å²) >= 11 is 0. The highest BCUT2D eigenvalue weighted by Gasteiger charge is 2.11. The van der Waals surface area contributed by atoms with Gasteiger partial charge in [0.25, 0.3) is 22.7 Å². The molecule has 3 rings (SSSR count). The molecule has 310 valence electrons. The van der Waals surface area contributed by atoms with E-state index in [0.29, 0.717) is 0 Å². The van der Waals surface area contributed by atoms with Crippen LogP contribution in [0.1, 0.15) is 62.8 Å². The minimum Gasteiger partial charge on any atom is -0.412 e. The van der Waals surface area contributed by atoms with E-state index in [0.717, 1.165) is 18.8 Å². The minimum absolute atomic E-state index is 0. The average Bonchev–Trinajstić information content (AvgIpc) is 3.03. The average molecular weight is 778 g/mol. The summed E-state index contributed by atoms with van der Waals surface area (Å²) in [6, 6.07) is 20.5. The number of para-hydroxylation sites is 2. The number of nitrogens with two attached hydrogens (primary N) is 1. The van der Waals surface area contributed by atoms with Gasteiger partial charge in [-0.15, -0.1) is 0 Å². The number of non-ortho nitro benzene ring substituents is 4. The Kier molecular flexibility index (Phi) is 62.7. The first kappa shape index (κ1) is 69.4. The van der Waals surface area contributed by atoms with Crippen LogP contribution in [0.5, 0.6) is 0 Å². The standard InChI is InChI=1S/C6H4N2O4.2C6H5NO2.C4H10N2.C3H6O.C3H8.CH6N2.CH3NO2.2CH4.2H2O/c9-7(10)5-2-1-3-6(4-5)8(11)12;2*8-7(9)6-4-2-1-3-5-6;1-4(2)6-5-3;1-3(2)4;2*1-3-2;1-2(3)4;;;;/h1-4H;2*1-5H;5H,1-3H3;1-2H3;3H2,1-2H3;3H,2H2,1H3;1H3;2*1H4;2*1H2. The number of hydrogen-bond donors (Lipinski definition) is 3. The summed E-state index contributed by atoms with van der Waals surface area (Å²) in [4.78, 5) is 55.9. The lowest BCUT2D eigenvalue weighted by Crippen LogP contribution is -2.13. The lowest BCUT2D eigenvalue weighted by Gasteiger charge is -1.90. The van der Waals surface area contributed by atoms with Crippen molar-refractivity contribution in [1.29, 1.82) is 0 Å². The van der Waals surface area contributed by atoms with Crippen LogP contribution in [0.4, 0.5) is 22.7 Å². The van der Waals surface area contributed by atoms with Gasteiger partial charge in [0.15, 0.2) is 7.05 Å². The molecule has 54 heavy (non-hydrogen) atoms. The minimum atomic E-state index is -0.674. The topological polar surface area (TPSA) is 358 Å². The molecular formula is C32H59N9O13. The largest absolute Gasteiger partial charge is 0.412 e. The van der Waals surface area contributed by atoms with Crippen molar-refractivity contribution >= 4 is 34.2 Å². The molecule has 8 N–H and O–H groups in total. The van der Waals surface area contributed by atoms with Crippen LogP contribution in [0, 0.1) is 50.6 Å². The van der Waals surface area contributed by atoms with Gasteiger partial charge in [-0.1, -0.05) is 71.5 Å². The number of hydrazone groups is 1. The fourth-order valence-electron chi connectivity index (χ4n) is 2.04. The smallest absolute Gasteiger partial charge is 0.276 e. The van der Waals surface area contributed by atoms with Crippen LogP contribution in [-0.2, 0) is 4.79 Å². The number of ketones is 1. The number of hydrogen-bond acceptors (Lipinski definition) is 15. The molecule has 0 saturated carbocycles. The lowest BCUT2D eigenvalue weighted by atomic mass is 10.3. The Labute approximate surface area is 315 Å². The Morgan fingerprint density at radius 3 is 0.944 bits per heavy atom. The molecule has 0 saturated heterocycles. The van der Waals surface area contributed by atoms with E-state index in [4.69, 9.17) is 10.1 Å². The van der Waals surface area contributed by atoms with Crippen LogP contribution >= 0.6 is 0 Å². The molecule has 0 aromatic heterocycles. The quantitative estimate of drug-likeness (QED) is 0.117. The van der Waals surface area contributed by atoms with Gasteiger partial charge >= 0.3 is 0 Å². The van der Waals surface area contributed by atoms with Gasteiger partial charge in [-0.05, 0) is 40.8 Å². The lowest BCUT2D eigenvalue weighted by molar-refractivity contribution is -0.445. The van der Waals surface area contributed by atoms with E-state index >= 15 is 0 Å². The first-order valence-corrected chi connectivity index (χ1v) is 14.2. The predicted molar refractivity (Wildman–Crippen MR) is 213 cm³/mol. The number of carbonyl (C=O) groups excluding carboxylic acids is 1. The second kappa shape index (κ2) is 48.8. The zero-order valence-corrected chi connectivity index (χ0v) is 30.5. The van der Waals surface area contributed by atoms with Gasteiger partial charge in [-0.25, -0.2) is 0 Å². The van der Waals surface area contributed by atoms with Crippen molar-refractivity contribution in [3.8, 4) is 0 Å². The van der Waals surface area contributed by atoms with Crippen LogP contribution < -0.4 is 16.7 Å². The van der Waals surface area contributed by atoms with Crippen LogP contribution in [0.3, 0.4) is 0 Å². The Hall–Kier alpha value is -6.36. The van der Waals surface area contributed by atoms with Gasteiger partial charge < -0.3 is 21.2 Å². The fourth-order valence-corrected chi connectivity index (χ4v) is 2.04. The molecular weight excluding hydrogens is 718 g/mol. The second-order valence-corrected chi connectivity index (χ2v) is 8.85. The monoisotopic (exact) mass is 777 g/mol. The Morgan fingerprint density at radius 2 is 0.815 bits per heavy atom. The van der Waals surface area contributed by atoms with Crippen molar-refractivity contribution in [2.75, 3.05) is 21.1 Å². The summed E-state index contributed by atoms with van der Waals surface area (Å²) in [5.74, 6) is 4.76. The molecule has 0 aliphatic rings. The van der Waals surface area contributed by atoms with Crippen molar-refractivity contribution in [2.24, 2.45) is 10.9 Å². The maximum Gasteiger partial charge on any atom is 0.276 e. The van der Waals surface area contributed by atoms with Crippen LogP contribution in [0.25, 0.3) is 0 Å². The molecule has 3 aromatic rings. The normalized spacial score (nSPS) is 7.44. The molecule has 0 amide bonds. The highest BCUT2D eigenvalue weighted by molar-refractivity contribution is 5.78.